The van der Waals surface area contributed by atoms with E-state index in [1.165, 1.54) is 12.1 Å². The average molecular weight is 326 g/mol. The van der Waals surface area contributed by atoms with Crippen LogP contribution >= 0.6 is 0 Å². The number of carbonyl (C=O) groups excluding carboxylic acids is 2. The highest BCUT2D eigenvalue weighted by molar-refractivity contribution is 6.04. The van der Waals surface area contributed by atoms with Crippen LogP contribution in [0.2, 0.25) is 0 Å². The molecular formula is C18H18N2O4. The normalized spacial score (nSPS) is 10.0. The molecule has 0 aliphatic rings. The number of aryl methyl sites for hydroxylation is 1. The molecule has 24 heavy (non-hydrogen) atoms. The molecule has 6 nitrogen and oxygen atoms in total. The minimum Gasteiger partial charge on any atom is -0.478 e. The molecule has 0 aromatic heterocycles. The first-order valence-corrected chi connectivity index (χ1v) is 7.44. The van der Waals surface area contributed by atoms with Crippen molar-refractivity contribution in [3.63, 3.8) is 0 Å². The topological polar surface area (TPSA) is 95.5 Å². The van der Waals surface area contributed by atoms with Crippen LogP contribution in [-0.4, -0.2) is 36.0 Å². The molecule has 0 radical (unpaired) electrons. The molecular weight excluding hydrogens is 308 g/mol. The summed E-state index contributed by atoms with van der Waals surface area (Å²) >= 11 is 0. The molecule has 0 aliphatic carbocycles. The predicted octanol–water partition coefficient (Wildman–Crippen LogP) is 1.85. The largest absolute Gasteiger partial charge is 0.478 e. The van der Waals surface area contributed by atoms with E-state index in [0.717, 1.165) is 5.56 Å². The Hall–Kier alpha value is -3.15. The van der Waals surface area contributed by atoms with Crippen molar-refractivity contribution in [2.75, 3.05) is 13.1 Å². The van der Waals surface area contributed by atoms with E-state index in [4.69, 9.17) is 5.11 Å². The van der Waals surface area contributed by atoms with E-state index in [0.29, 0.717) is 5.56 Å². The number of rotatable bonds is 6. The fraction of sp³-hybridized carbons (Fsp3) is 0.167. The molecule has 0 aliphatic heterocycles. The zero-order valence-electron chi connectivity index (χ0n) is 13.2. The lowest BCUT2D eigenvalue weighted by atomic mass is 10.1. The molecule has 0 unspecified atom stereocenters. The van der Waals surface area contributed by atoms with Crippen LogP contribution in [0.25, 0.3) is 0 Å². The van der Waals surface area contributed by atoms with E-state index in [1.54, 1.807) is 30.3 Å². The third-order valence-electron chi connectivity index (χ3n) is 3.38. The van der Waals surface area contributed by atoms with Crippen molar-refractivity contribution >= 4 is 17.8 Å². The van der Waals surface area contributed by atoms with Crippen LogP contribution < -0.4 is 10.6 Å². The number of carbonyl (C=O) groups is 3. The second-order valence-electron chi connectivity index (χ2n) is 5.23. The monoisotopic (exact) mass is 326 g/mol. The van der Waals surface area contributed by atoms with Crippen LogP contribution in [0.1, 0.15) is 36.6 Å². The van der Waals surface area contributed by atoms with E-state index >= 15 is 0 Å². The third kappa shape index (κ3) is 4.42. The van der Waals surface area contributed by atoms with Gasteiger partial charge in [0.2, 0.25) is 0 Å². The van der Waals surface area contributed by atoms with E-state index in [-0.39, 0.29) is 30.1 Å². The van der Waals surface area contributed by atoms with Crippen molar-refractivity contribution in [1.29, 1.82) is 0 Å². The van der Waals surface area contributed by atoms with Crippen LogP contribution in [0.3, 0.4) is 0 Å². The first-order chi connectivity index (χ1) is 11.5. The van der Waals surface area contributed by atoms with Crippen LogP contribution in [0.4, 0.5) is 0 Å². The van der Waals surface area contributed by atoms with Crippen molar-refractivity contribution in [3.8, 4) is 0 Å². The van der Waals surface area contributed by atoms with Gasteiger partial charge in [-0.3, -0.25) is 9.59 Å². The van der Waals surface area contributed by atoms with Gasteiger partial charge in [0.1, 0.15) is 0 Å². The molecule has 3 N–H and O–H groups in total. The number of amides is 2. The van der Waals surface area contributed by atoms with Gasteiger partial charge in [-0.2, -0.15) is 0 Å². The summed E-state index contributed by atoms with van der Waals surface area (Å²) in [4.78, 5) is 35.1. The highest BCUT2D eigenvalue weighted by atomic mass is 16.4. The molecule has 0 fully saturated rings. The van der Waals surface area contributed by atoms with Gasteiger partial charge in [0.15, 0.2) is 0 Å². The molecule has 124 valence electrons. The van der Waals surface area contributed by atoms with Crippen molar-refractivity contribution < 1.29 is 19.5 Å². The lowest BCUT2D eigenvalue weighted by Crippen LogP contribution is -2.35. The van der Waals surface area contributed by atoms with Gasteiger partial charge < -0.3 is 15.7 Å². The lowest BCUT2D eigenvalue weighted by Gasteiger charge is -2.09. The van der Waals surface area contributed by atoms with Gasteiger partial charge in [0, 0.05) is 18.7 Å². The van der Waals surface area contributed by atoms with Gasteiger partial charge in [0.25, 0.3) is 11.8 Å². The van der Waals surface area contributed by atoms with Crippen molar-refractivity contribution in [2.45, 2.75) is 6.92 Å². The Kier molecular flexibility index (Phi) is 5.68. The van der Waals surface area contributed by atoms with E-state index < -0.39 is 11.9 Å². The molecule has 2 rings (SSSR count). The summed E-state index contributed by atoms with van der Waals surface area (Å²) in [5.41, 5.74) is 1.58. The van der Waals surface area contributed by atoms with Crippen molar-refractivity contribution in [2.24, 2.45) is 0 Å². The Balaban J connectivity index is 1.85. The second kappa shape index (κ2) is 7.92. The Bertz CT molecular complexity index is 771. The number of aromatic carboxylic acids is 1. The predicted molar refractivity (Wildman–Crippen MR) is 89.2 cm³/mol. The smallest absolute Gasteiger partial charge is 0.336 e. The number of nitrogens with one attached hydrogen (secondary N) is 2. The Morgan fingerprint density at radius 1 is 0.875 bits per heavy atom. The van der Waals surface area contributed by atoms with Gasteiger partial charge in [-0.1, -0.05) is 29.8 Å². The molecule has 6 heteroatoms. The number of benzene rings is 2. The lowest BCUT2D eigenvalue weighted by molar-refractivity contribution is 0.0691. The molecule has 0 bridgehead atoms. The van der Waals surface area contributed by atoms with Crippen LogP contribution in [-0.2, 0) is 0 Å². The first kappa shape index (κ1) is 17.2. The Morgan fingerprint density at radius 2 is 1.50 bits per heavy atom. The van der Waals surface area contributed by atoms with E-state index in [1.807, 2.05) is 13.0 Å². The summed E-state index contributed by atoms with van der Waals surface area (Å²) in [7, 11) is 0. The number of carboxylic acid groups (broad SMARTS) is 1. The van der Waals surface area contributed by atoms with Crippen molar-refractivity contribution in [3.05, 3.63) is 70.8 Å². The summed E-state index contributed by atoms with van der Waals surface area (Å²) in [6.07, 6.45) is 0. The maximum absolute atomic E-state index is 12.0. The Morgan fingerprint density at radius 3 is 2.12 bits per heavy atom. The van der Waals surface area contributed by atoms with Crippen LogP contribution in [0, 0.1) is 6.92 Å². The number of carboxylic acids is 1. The maximum atomic E-state index is 12.0. The van der Waals surface area contributed by atoms with E-state index in [9.17, 15) is 14.4 Å². The maximum Gasteiger partial charge on any atom is 0.336 e. The first-order valence-electron chi connectivity index (χ1n) is 7.44. The van der Waals surface area contributed by atoms with E-state index in [2.05, 4.69) is 10.6 Å². The highest BCUT2D eigenvalue weighted by Crippen LogP contribution is 2.08. The van der Waals surface area contributed by atoms with Crippen molar-refractivity contribution in [1.82, 2.24) is 10.6 Å². The van der Waals surface area contributed by atoms with Crippen LogP contribution in [0.5, 0.6) is 0 Å². The number of hydrogen-bond acceptors (Lipinski definition) is 3. The summed E-state index contributed by atoms with van der Waals surface area (Å²) < 4.78 is 0. The average Bonchev–Trinajstić information content (AvgIpc) is 2.58. The molecule has 2 aromatic carbocycles. The Labute approximate surface area is 139 Å². The zero-order valence-corrected chi connectivity index (χ0v) is 13.2. The van der Waals surface area contributed by atoms with Gasteiger partial charge in [-0.15, -0.1) is 0 Å². The minimum atomic E-state index is -1.16. The van der Waals surface area contributed by atoms with Gasteiger partial charge in [-0.05, 0) is 31.2 Å². The van der Waals surface area contributed by atoms with Gasteiger partial charge in [-0.25, -0.2) is 4.79 Å². The van der Waals surface area contributed by atoms with Gasteiger partial charge in [0.05, 0.1) is 11.1 Å². The van der Waals surface area contributed by atoms with Gasteiger partial charge >= 0.3 is 5.97 Å². The molecule has 0 saturated heterocycles. The molecule has 0 saturated carbocycles. The zero-order chi connectivity index (χ0) is 17.5. The summed E-state index contributed by atoms with van der Waals surface area (Å²) in [6, 6.07) is 13.2. The molecule has 0 atom stereocenters. The fourth-order valence-electron chi connectivity index (χ4n) is 2.20. The fourth-order valence-corrected chi connectivity index (χ4v) is 2.20. The highest BCUT2D eigenvalue weighted by Gasteiger charge is 2.15. The standard InChI is InChI=1S/C18H18N2O4/c1-12-5-4-6-13(11-12)16(21)19-9-10-20-17(22)14-7-2-3-8-15(14)18(23)24/h2-8,11H,9-10H2,1H3,(H,19,21)(H,20,22)(H,23,24). The quantitative estimate of drug-likeness (QED) is 0.706. The van der Waals surface area contributed by atoms with Crippen LogP contribution in [0.15, 0.2) is 48.5 Å². The molecule has 2 aromatic rings. The molecule has 0 spiro atoms. The summed E-state index contributed by atoms with van der Waals surface area (Å²) in [6.45, 7) is 2.34. The molecule has 2 amide bonds. The molecule has 0 heterocycles. The summed E-state index contributed by atoms with van der Waals surface area (Å²) in [5, 5.41) is 14.4. The SMILES string of the molecule is Cc1cccc(C(=O)NCCNC(=O)c2ccccc2C(=O)O)c1. The summed E-state index contributed by atoms with van der Waals surface area (Å²) in [5.74, 6) is -1.87. The number of hydrogen-bond donors (Lipinski definition) is 3. The minimum absolute atomic E-state index is 0.0567. The third-order valence-corrected chi connectivity index (χ3v) is 3.38. The second-order valence-corrected chi connectivity index (χ2v) is 5.23.